The van der Waals surface area contributed by atoms with E-state index in [0.29, 0.717) is 19.3 Å². The number of hydrogen-bond donors (Lipinski definition) is 0. The number of hydrogen-bond acceptors (Lipinski definition) is 6. The first kappa shape index (κ1) is 47.4. The Kier molecular flexibility index (Phi) is 33.7. The molecule has 0 saturated carbocycles. The summed E-state index contributed by atoms with van der Waals surface area (Å²) in [5.41, 5.74) is 0. The minimum absolute atomic E-state index is 0.0686. The Labute approximate surface area is 304 Å². The van der Waals surface area contributed by atoms with Crippen LogP contribution >= 0.6 is 0 Å². The average Bonchev–Trinajstić information content (AvgIpc) is 3.08. The summed E-state index contributed by atoms with van der Waals surface area (Å²) >= 11 is 0. The van der Waals surface area contributed by atoms with E-state index in [-0.39, 0.29) is 31.1 Å². The fourth-order valence-electron chi connectivity index (χ4n) is 6.11. The molecule has 0 bridgehead atoms. The molecule has 0 aliphatic carbocycles. The Morgan fingerprint density at radius 1 is 0.408 bits per heavy atom. The second-order valence-corrected chi connectivity index (χ2v) is 15.6. The zero-order valence-corrected chi connectivity index (χ0v) is 33.5. The molecule has 0 aromatic rings. The number of rotatable bonds is 36. The van der Waals surface area contributed by atoms with E-state index in [2.05, 4.69) is 41.5 Å². The molecule has 0 saturated heterocycles. The topological polar surface area (TPSA) is 78.9 Å². The van der Waals surface area contributed by atoms with Gasteiger partial charge in [0.2, 0.25) is 0 Å². The van der Waals surface area contributed by atoms with E-state index in [4.69, 9.17) is 14.2 Å². The van der Waals surface area contributed by atoms with Crippen molar-refractivity contribution in [1.29, 1.82) is 0 Å². The van der Waals surface area contributed by atoms with Gasteiger partial charge < -0.3 is 14.2 Å². The normalized spacial score (nSPS) is 13.3. The number of ether oxygens (including phenoxy) is 3. The maximum Gasteiger partial charge on any atom is 0.306 e. The molecule has 0 aromatic carbocycles. The summed E-state index contributed by atoms with van der Waals surface area (Å²) in [4.78, 5) is 37.5. The summed E-state index contributed by atoms with van der Waals surface area (Å²) in [5.74, 6) is 1.55. The van der Waals surface area contributed by atoms with Gasteiger partial charge in [-0.3, -0.25) is 14.4 Å². The van der Waals surface area contributed by atoms with Crippen molar-refractivity contribution in [3.8, 4) is 0 Å². The molecule has 290 valence electrons. The molecule has 0 rings (SSSR count). The van der Waals surface area contributed by atoms with Gasteiger partial charge in [-0.2, -0.15) is 0 Å². The highest BCUT2D eigenvalue weighted by atomic mass is 16.6. The third-order valence-corrected chi connectivity index (χ3v) is 10.1. The maximum atomic E-state index is 12.7. The third kappa shape index (κ3) is 34.6. The van der Waals surface area contributed by atoms with Crippen molar-refractivity contribution in [2.75, 3.05) is 13.2 Å². The molecule has 0 heterocycles. The van der Waals surface area contributed by atoms with Crippen LogP contribution in [-0.2, 0) is 28.6 Å². The van der Waals surface area contributed by atoms with E-state index < -0.39 is 6.10 Å². The molecule has 0 aliphatic rings. The highest BCUT2D eigenvalue weighted by Gasteiger charge is 2.19. The number of esters is 3. The fraction of sp³-hybridized carbons (Fsp3) is 0.930. The molecule has 3 atom stereocenters. The van der Waals surface area contributed by atoms with Gasteiger partial charge in [-0.25, -0.2) is 0 Å². The molecule has 2 unspecified atom stereocenters. The minimum Gasteiger partial charge on any atom is -0.462 e. The lowest BCUT2D eigenvalue weighted by molar-refractivity contribution is -0.167. The van der Waals surface area contributed by atoms with Gasteiger partial charge in [-0.1, -0.05) is 183 Å². The van der Waals surface area contributed by atoms with E-state index >= 15 is 0 Å². The second kappa shape index (κ2) is 34.8. The average molecular weight is 695 g/mol. The molecule has 6 heteroatoms. The van der Waals surface area contributed by atoms with Crippen molar-refractivity contribution in [3.05, 3.63) is 0 Å². The highest BCUT2D eigenvalue weighted by molar-refractivity contribution is 5.71. The van der Waals surface area contributed by atoms with Gasteiger partial charge in [-0.15, -0.1) is 0 Å². The zero-order chi connectivity index (χ0) is 36.4. The highest BCUT2D eigenvalue weighted by Crippen LogP contribution is 2.17. The van der Waals surface area contributed by atoms with Crippen molar-refractivity contribution in [3.63, 3.8) is 0 Å². The first-order valence-corrected chi connectivity index (χ1v) is 21.2. The first-order valence-electron chi connectivity index (χ1n) is 21.2. The molecule has 6 nitrogen and oxygen atoms in total. The van der Waals surface area contributed by atoms with Crippen molar-refractivity contribution < 1.29 is 28.6 Å². The summed E-state index contributed by atoms with van der Waals surface area (Å²) < 4.78 is 16.6. The standard InChI is InChI=1S/C43H82O6/c1-7-38(5)30-24-18-11-9-10-12-22-28-34-43(46)49-40(35-47-41(44)32-26-20-15-13-17-23-29-37(3)4)36-48-42(45)33-27-21-16-14-19-25-31-39(6)8-2/h37-40H,7-36H2,1-6H3/t38?,39?,40-/m1/s1. The summed E-state index contributed by atoms with van der Waals surface area (Å²) in [5, 5.41) is 0. The van der Waals surface area contributed by atoms with Crippen molar-refractivity contribution in [2.45, 2.75) is 227 Å². The number of carbonyl (C=O) groups is 3. The van der Waals surface area contributed by atoms with Crippen LogP contribution in [0.2, 0.25) is 0 Å². The monoisotopic (exact) mass is 695 g/mol. The van der Waals surface area contributed by atoms with Crippen LogP contribution in [0.4, 0.5) is 0 Å². The van der Waals surface area contributed by atoms with E-state index in [9.17, 15) is 14.4 Å². The largest absolute Gasteiger partial charge is 0.462 e. The lowest BCUT2D eigenvalue weighted by Gasteiger charge is -2.18. The lowest BCUT2D eigenvalue weighted by atomic mass is 9.99. The summed E-state index contributed by atoms with van der Waals surface area (Å²) in [6, 6.07) is 0. The molecule has 0 spiro atoms. The van der Waals surface area contributed by atoms with E-state index in [1.54, 1.807) is 0 Å². The van der Waals surface area contributed by atoms with Crippen molar-refractivity contribution in [1.82, 2.24) is 0 Å². The van der Waals surface area contributed by atoms with Gasteiger partial charge in [0.1, 0.15) is 13.2 Å². The maximum absolute atomic E-state index is 12.7. The third-order valence-electron chi connectivity index (χ3n) is 10.1. The van der Waals surface area contributed by atoms with Crippen LogP contribution in [0, 0.1) is 17.8 Å². The minimum atomic E-state index is -0.762. The predicted octanol–water partition coefficient (Wildman–Crippen LogP) is 12.9. The van der Waals surface area contributed by atoms with Crippen LogP contribution in [0.3, 0.4) is 0 Å². The SMILES string of the molecule is CCC(C)CCCCCCCCCCC(=O)O[C@H](COC(=O)CCCCCCCCC(C)C)COC(=O)CCCCCCCCC(C)CC. The van der Waals surface area contributed by atoms with Crippen LogP contribution in [0.5, 0.6) is 0 Å². The Balaban J connectivity index is 4.39. The van der Waals surface area contributed by atoms with Crippen LogP contribution in [-0.4, -0.2) is 37.2 Å². The molecule has 49 heavy (non-hydrogen) atoms. The van der Waals surface area contributed by atoms with Crippen LogP contribution < -0.4 is 0 Å². The molecular formula is C43H82O6. The van der Waals surface area contributed by atoms with E-state index in [1.807, 2.05) is 0 Å². The van der Waals surface area contributed by atoms with Gasteiger partial charge >= 0.3 is 17.9 Å². The number of carbonyl (C=O) groups excluding carboxylic acids is 3. The molecule has 0 aromatic heterocycles. The molecule has 0 amide bonds. The van der Waals surface area contributed by atoms with Gasteiger partial charge in [0, 0.05) is 19.3 Å². The summed E-state index contributed by atoms with van der Waals surface area (Å²) in [6.07, 6.45) is 29.6. The fourth-order valence-corrected chi connectivity index (χ4v) is 6.11. The van der Waals surface area contributed by atoms with Gasteiger partial charge in [0.15, 0.2) is 6.10 Å². The zero-order valence-electron chi connectivity index (χ0n) is 33.5. The summed E-state index contributed by atoms with van der Waals surface area (Å²) in [7, 11) is 0. The van der Waals surface area contributed by atoms with Crippen LogP contribution in [0.15, 0.2) is 0 Å². The molecule has 0 fully saturated rings. The molecule has 0 radical (unpaired) electrons. The van der Waals surface area contributed by atoms with Crippen molar-refractivity contribution >= 4 is 17.9 Å². The predicted molar refractivity (Wildman–Crippen MR) is 206 cm³/mol. The first-order chi connectivity index (χ1) is 23.7. The van der Waals surface area contributed by atoms with E-state index in [1.165, 1.54) is 103 Å². The Hall–Kier alpha value is -1.59. The lowest BCUT2D eigenvalue weighted by Crippen LogP contribution is -2.30. The smallest absolute Gasteiger partial charge is 0.306 e. The van der Waals surface area contributed by atoms with Crippen LogP contribution in [0.1, 0.15) is 221 Å². The Morgan fingerprint density at radius 3 is 1.06 bits per heavy atom. The van der Waals surface area contributed by atoms with Crippen molar-refractivity contribution in [2.24, 2.45) is 17.8 Å². The quantitative estimate of drug-likeness (QED) is 0.0369. The second-order valence-electron chi connectivity index (χ2n) is 15.6. The molecule has 0 N–H and O–H groups in total. The number of unbranched alkanes of at least 4 members (excludes halogenated alkanes) is 17. The van der Waals surface area contributed by atoms with Gasteiger partial charge in [0.25, 0.3) is 0 Å². The van der Waals surface area contributed by atoms with Gasteiger partial charge in [0.05, 0.1) is 0 Å². The summed E-state index contributed by atoms with van der Waals surface area (Å²) in [6.45, 7) is 13.6. The molecule has 0 aliphatic heterocycles. The van der Waals surface area contributed by atoms with Gasteiger partial charge in [-0.05, 0) is 37.0 Å². The van der Waals surface area contributed by atoms with Crippen LogP contribution in [0.25, 0.3) is 0 Å². The Morgan fingerprint density at radius 2 is 0.714 bits per heavy atom. The Bertz CT molecular complexity index is 765. The molecular weight excluding hydrogens is 612 g/mol. The van der Waals surface area contributed by atoms with E-state index in [0.717, 1.165) is 75.5 Å².